The van der Waals surface area contributed by atoms with E-state index in [2.05, 4.69) is 20.3 Å². The van der Waals surface area contributed by atoms with Gasteiger partial charge in [-0.25, -0.2) is 4.98 Å². The van der Waals surface area contributed by atoms with Crippen molar-refractivity contribution in [2.75, 3.05) is 31.7 Å². The number of Topliss-reactive ketones (excluding diaryl/α,β-unsaturated/α-hetero) is 1. The largest absolute Gasteiger partial charge is 0.381 e. The average Bonchev–Trinajstić information content (AvgIpc) is 3.30. The van der Waals surface area contributed by atoms with Crippen LogP contribution in [-0.4, -0.2) is 53.2 Å². The second kappa shape index (κ2) is 9.61. The molecule has 4 rings (SSSR count). The van der Waals surface area contributed by atoms with E-state index in [4.69, 9.17) is 21.1 Å². The van der Waals surface area contributed by atoms with Crippen LogP contribution >= 0.6 is 11.6 Å². The standard InChI is InChI=1S/C21H25ClN4O3/c22-17-11-24-15(9-19(27)20-2-1-5-29-20)8-16(17)18-12-23-13-21(26-18)25-10-14-3-6-28-7-4-14/h8,11-14,20H,1-7,9-10H2,(H,25,26)/t20-/m1/s1. The van der Waals surface area contributed by atoms with Gasteiger partial charge in [-0.15, -0.1) is 0 Å². The average molecular weight is 417 g/mol. The fourth-order valence-electron chi connectivity index (χ4n) is 3.68. The van der Waals surface area contributed by atoms with Crippen LogP contribution in [0.25, 0.3) is 11.3 Å². The second-order valence-electron chi connectivity index (χ2n) is 7.53. The van der Waals surface area contributed by atoms with E-state index in [9.17, 15) is 4.79 Å². The molecule has 0 spiro atoms. The smallest absolute Gasteiger partial charge is 0.167 e. The van der Waals surface area contributed by atoms with Crippen LogP contribution < -0.4 is 5.32 Å². The van der Waals surface area contributed by atoms with Gasteiger partial charge in [-0.05, 0) is 37.7 Å². The number of carbonyl (C=O) groups is 1. The van der Waals surface area contributed by atoms with Crippen molar-refractivity contribution in [1.82, 2.24) is 15.0 Å². The van der Waals surface area contributed by atoms with E-state index in [1.54, 1.807) is 18.6 Å². The summed E-state index contributed by atoms with van der Waals surface area (Å²) < 4.78 is 10.9. The lowest BCUT2D eigenvalue weighted by molar-refractivity contribution is -0.127. The van der Waals surface area contributed by atoms with Crippen LogP contribution in [0.3, 0.4) is 0 Å². The van der Waals surface area contributed by atoms with E-state index in [0.717, 1.165) is 51.0 Å². The van der Waals surface area contributed by atoms with Crippen molar-refractivity contribution in [3.05, 3.63) is 35.4 Å². The van der Waals surface area contributed by atoms with Crippen LogP contribution in [0.15, 0.2) is 24.7 Å². The first kappa shape index (κ1) is 20.2. The van der Waals surface area contributed by atoms with Gasteiger partial charge in [0.15, 0.2) is 5.78 Å². The van der Waals surface area contributed by atoms with Gasteiger partial charge in [0.25, 0.3) is 0 Å². The van der Waals surface area contributed by atoms with E-state index >= 15 is 0 Å². The number of carbonyl (C=O) groups excluding carboxylic acids is 1. The lowest BCUT2D eigenvalue weighted by Gasteiger charge is -2.22. The summed E-state index contributed by atoms with van der Waals surface area (Å²) in [5.74, 6) is 1.34. The van der Waals surface area contributed by atoms with Crippen molar-refractivity contribution in [3.8, 4) is 11.3 Å². The molecule has 8 heteroatoms. The molecule has 4 heterocycles. The monoisotopic (exact) mass is 416 g/mol. The maximum atomic E-state index is 12.4. The van der Waals surface area contributed by atoms with Crippen molar-refractivity contribution in [2.45, 2.75) is 38.2 Å². The summed E-state index contributed by atoms with van der Waals surface area (Å²) in [4.78, 5) is 25.7. The Kier molecular flexibility index (Phi) is 6.69. The number of halogens is 1. The number of aromatic nitrogens is 3. The summed E-state index contributed by atoms with van der Waals surface area (Å²) in [6.07, 6.45) is 8.68. The third-order valence-electron chi connectivity index (χ3n) is 5.38. The quantitative estimate of drug-likeness (QED) is 0.740. The minimum atomic E-state index is -0.312. The van der Waals surface area contributed by atoms with Crippen molar-refractivity contribution >= 4 is 23.2 Å². The number of ketones is 1. The Bertz CT molecular complexity index is 852. The molecule has 0 amide bonds. The normalized spacial score (nSPS) is 20.0. The number of ether oxygens (including phenoxy) is 2. The summed E-state index contributed by atoms with van der Waals surface area (Å²) >= 11 is 6.37. The number of anilines is 1. The van der Waals surface area contributed by atoms with E-state index in [1.165, 1.54) is 0 Å². The van der Waals surface area contributed by atoms with Gasteiger partial charge in [0.2, 0.25) is 0 Å². The van der Waals surface area contributed by atoms with Gasteiger partial charge < -0.3 is 14.8 Å². The maximum Gasteiger partial charge on any atom is 0.167 e. The van der Waals surface area contributed by atoms with Crippen molar-refractivity contribution in [2.24, 2.45) is 5.92 Å². The number of hydrogen-bond donors (Lipinski definition) is 1. The molecule has 1 atom stereocenters. The molecule has 2 aliphatic heterocycles. The molecule has 0 radical (unpaired) electrons. The third kappa shape index (κ3) is 5.29. The molecule has 0 unspecified atom stereocenters. The highest BCUT2D eigenvalue weighted by Crippen LogP contribution is 2.27. The molecular weight excluding hydrogens is 392 g/mol. The van der Waals surface area contributed by atoms with Gasteiger partial charge in [-0.3, -0.25) is 14.8 Å². The molecule has 1 N–H and O–H groups in total. The first-order valence-corrected chi connectivity index (χ1v) is 10.5. The third-order valence-corrected chi connectivity index (χ3v) is 5.68. The number of pyridine rings is 1. The Hall–Kier alpha value is -2.09. The number of nitrogens with zero attached hydrogens (tertiary/aromatic N) is 3. The molecule has 0 bridgehead atoms. The lowest BCUT2D eigenvalue weighted by Crippen LogP contribution is -2.23. The predicted molar refractivity (Wildman–Crippen MR) is 110 cm³/mol. The molecule has 2 aromatic rings. The maximum absolute atomic E-state index is 12.4. The fourth-order valence-corrected chi connectivity index (χ4v) is 3.88. The topological polar surface area (TPSA) is 86.2 Å². The molecule has 154 valence electrons. The molecule has 0 aliphatic carbocycles. The molecule has 2 fully saturated rings. The van der Waals surface area contributed by atoms with Gasteiger partial charge in [0.05, 0.1) is 29.5 Å². The summed E-state index contributed by atoms with van der Waals surface area (Å²) in [6.45, 7) is 3.13. The van der Waals surface area contributed by atoms with Crippen LogP contribution in [0.4, 0.5) is 5.82 Å². The lowest BCUT2D eigenvalue weighted by atomic mass is 10.0. The van der Waals surface area contributed by atoms with Gasteiger partial charge in [-0.2, -0.15) is 0 Å². The van der Waals surface area contributed by atoms with E-state index in [1.807, 2.05) is 6.07 Å². The van der Waals surface area contributed by atoms with E-state index in [-0.39, 0.29) is 18.3 Å². The molecule has 0 aromatic carbocycles. The van der Waals surface area contributed by atoms with Crippen LogP contribution in [0, 0.1) is 5.92 Å². The van der Waals surface area contributed by atoms with Crippen LogP contribution in [0.2, 0.25) is 5.02 Å². The zero-order valence-corrected chi connectivity index (χ0v) is 17.0. The highest BCUT2D eigenvalue weighted by Gasteiger charge is 2.24. The molecule has 2 aliphatic rings. The van der Waals surface area contributed by atoms with Crippen LogP contribution in [-0.2, 0) is 20.7 Å². The van der Waals surface area contributed by atoms with Gasteiger partial charge in [-0.1, -0.05) is 11.6 Å². The summed E-state index contributed by atoms with van der Waals surface area (Å²) in [7, 11) is 0. The molecule has 0 saturated carbocycles. The highest BCUT2D eigenvalue weighted by atomic mass is 35.5. The highest BCUT2D eigenvalue weighted by molar-refractivity contribution is 6.33. The zero-order chi connectivity index (χ0) is 20.1. The van der Waals surface area contributed by atoms with Crippen LogP contribution in [0.5, 0.6) is 0 Å². The number of hydrogen-bond acceptors (Lipinski definition) is 7. The minimum Gasteiger partial charge on any atom is -0.381 e. The Labute approximate surface area is 175 Å². The first-order valence-electron chi connectivity index (χ1n) is 10.1. The summed E-state index contributed by atoms with van der Waals surface area (Å²) in [5, 5.41) is 3.85. The zero-order valence-electron chi connectivity index (χ0n) is 16.3. The molecule has 2 aromatic heterocycles. The second-order valence-corrected chi connectivity index (χ2v) is 7.93. The Morgan fingerprint density at radius 1 is 1.17 bits per heavy atom. The molecule has 29 heavy (non-hydrogen) atoms. The Morgan fingerprint density at radius 3 is 2.83 bits per heavy atom. The number of nitrogens with one attached hydrogen (secondary N) is 1. The summed E-state index contributed by atoms with van der Waals surface area (Å²) in [6, 6.07) is 1.82. The van der Waals surface area contributed by atoms with Crippen molar-refractivity contribution in [3.63, 3.8) is 0 Å². The van der Waals surface area contributed by atoms with Crippen molar-refractivity contribution < 1.29 is 14.3 Å². The Morgan fingerprint density at radius 2 is 2.03 bits per heavy atom. The van der Waals surface area contributed by atoms with Gasteiger partial charge >= 0.3 is 0 Å². The SMILES string of the molecule is O=C(Cc1cc(-c2cncc(NCC3CCOCC3)n2)c(Cl)cn1)[C@H]1CCCO1. The van der Waals surface area contributed by atoms with Gasteiger partial charge in [0.1, 0.15) is 11.9 Å². The Balaban J connectivity index is 1.46. The number of rotatable bonds is 7. The minimum absolute atomic E-state index is 0.0567. The molecule has 7 nitrogen and oxygen atoms in total. The van der Waals surface area contributed by atoms with Crippen LogP contribution in [0.1, 0.15) is 31.4 Å². The van der Waals surface area contributed by atoms with Crippen molar-refractivity contribution in [1.29, 1.82) is 0 Å². The summed E-state index contributed by atoms with van der Waals surface area (Å²) in [5.41, 5.74) is 2.03. The molecular formula is C21H25ClN4O3. The predicted octanol–water partition coefficient (Wildman–Crippen LogP) is 3.32. The van der Waals surface area contributed by atoms with E-state index < -0.39 is 0 Å². The molecule has 2 saturated heterocycles. The fraction of sp³-hybridized carbons (Fsp3) is 0.524. The van der Waals surface area contributed by atoms with E-state index in [0.29, 0.717) is 34.8 Å². The van der Waals surface area contributed by atoms with Gasteiger partial charge in [0, 0.05) is 43.8 Å². The first-order chi connectivity index (χ1) is 14.2.